The van der Waals surface area contributed by atoms with Crippen LogP contribution in [0, 0.1) is 6.92 Å². The summed E-state index contributed by atoms with van der Waals surface area (Å²) in [5, 5.41) is 16.4. The van der Waals surface area contributed by atoms with Gasteiger partial charge in [-0.25, -0.2) is 0 Å². The number of rotatable bonds is 8. The number of aromatic hydroxyl groups is 1. The van der Waals surface area contributed by atoms with E-state index in [1.165, 1.54) is 17.0 Å². The lowest BCUT2D eigenvalue weighted by Crippen LogP contribution is -2.37. The third-order valence-electron chi connectivity index (χ3n) is 4.84. The van der Waals surface area contributed by atoms with Gasteiger partial charge in [-0.15, -0.1) is 0 Å². The zero-order valence-corrected chi connectivity index (χ0v) is 17.4. The largest absolute Gasteiger partial charge is 0.505 e. The average Bonchev–Trinajstić information content (AvgIpc) is 3.16. The van der Waals surface area contributed by atoms with Crippen molar-refractivity contribution in [1.29, 1.82) is 0 Å². The molecule has 8 heteroatoms. The molecule has 0 saturated carbocycles. The summed E-state index contributed by atoms with van der Waals surface area (Å²) in [6, 6.07) is 8.00. The van der Waals surface area contributed by atoms with Gasteiger partial charge < -0.3 is 25.1 Å². The zero-order chi connectivity index (χ0) is 22.0. The lowest BCUT2D eigenvalue weighted by molar-refractivity contribution is 0.0824. The van der Waals surface area contributed by atoms with Crippen LogP contribution in [-0.2, 0) is 0 Å². The number of hydrogen-bond donors (Lipinski definition) is 3. The van der Waals surface area contributed by atoms with Gasteiger partial charge in [-0.3, -0.25) is 14.4 Å². The first-order valence-corrected chi connectivity index (χ1v) is 9.71. The van der Waals surface area contributed by atoms with E-state index in [-0.39, 0.29) is 40.3 Å². The van der Waals surface area contributed by atoms with E-state index in [1.54, 1.807) is 20.2 Å². The summed E-state index contributed by atoms with van der Waals surface area (Å²) in [7, 11) is 3.15. The maximum atomic E-state index is 12.2. The minimum Gasteiger partial charge on any atom is -0.505 e. The number of phenols is 1. The molecule has 1 unspecified atom stereocenters. The second kappa shape index (κ2) is 8.44. The number of aryl methyl sites for hydroxylation is 1. The number of amides is 1. The molecule has 3 rings (SSSR count). The molecule has 3 aromatic rings. The second-order valence-electron chi connectivity index (χ2n) is 7.37. The molecular formula is C22H25N3O5. The minimum atomic E-state index is -0.688. The molecule has 0 saturated heterocycles. The van der Waals surface area contributed by atoms with Crippen LogP contribution in [-0.4, -0.2) is 30.0 Å². The van der Waals surface area contributed by atoms with Gasteiger partial charge in [0.25, 0.3) is 16.8 Å². The smallest absolute Gasteiger partial charge is 0.257 e. The Bertz CT molecular complexity index is 1140. The van der Waals surface area contributed by atoms with Gasteiger partial charge in [-0.1, -0.05) is 19.4 Å². The number of phenolic OH excluding ortho intramolecular Hbond substituents is 1. The number of hydrogen-bond acceptors (Lipinski definition) is 7. The van der Waals surface area contributed by atoms with E-state index < -0.39 is 10.9 Å². The van der Waals surface area contributed by atoms with Crippen LogP contribution >= 0.6 is 0 Å². The molecule has 2 aromatic carbocycles. The van der Waals surface area contributed by atoms with E-state index in [0.717, 1.165) is 12.2 Å². The number of para-hydroxylation sites is 1. The SMILES string of the molecule is CCCC(Nc1c(Nc2cccc(C(=O)N(C)C)c2O)c(=O)c1=O)c1ccc(C)o1. The van der Waals surface area contributed by atoms with E-state index in [4.69, 9.17) is 4.42 Å². The normalized spacial score (nSPS) is 12.0. The van der Waals surface area contributed by atoms with Crippen molar-refractivity contribution in [2.45, 2.75) is 32.7 Å². The molecule has 3 N–H and O–H groups in total. The average molecular weight is 411 g/mol. The second-order valence-corrected chi connectivity index (χ2v) is 7.37. The van der Waals surface area contributed by atoms with E-state index in [2.05, 4.69) is 10.6 Å². The summed E-state index contributed by atoms with van der Waals surface area (Å²) in [6.07, 6.45) is 1.54. The number of furan rings is 1. The van der Waals surface area contributed by atoms with Gasteiger partial charge in [-0.05, 0) is 37.6 Å². The van der Waals surface area contributed by atoms with Crippen LogP contribution in [0.5, 0.6) is 5.75 Å². The molecule has 1 amide bonds. The van der Waals surface area contributed by atoms with E-state index in [0.29, 0.717) is 12.2 Å². The van der Waals surface area contributed by atoms with Crippen molar-refractivity contribution in [3.63, 3.8) is 0 Å². The number of carbonyl (C=O) groups is 1. The summed E-state index contributed by atoms with van der Waals surface area (Å²) in [4.78, 5) is 38.0. The van der Waals surface area contributed by atoms with Crippen LogP contribution in [0.1, 0.15) is 47.7 Å². The third-order valence-corrected chi connectivity index (χ3v) is 4.84. The number of nitrogens with zero attached hydrogens (tertiary/aromatic N) is 1. The Kier molecular flexibility index (Phi) is 5.96. The highest BCUT2D eigenvalue weighted by Crippen LogP contribution is 2.33. The Morgan fingerprint density at radius 3 is 2.43 bits per heavy atom. The number of benzene rings is 1. The molecule has 0 spiro atoms. The van der Waals surface area contributed by atoms with Crippen LogP contribution in [0.25, 0.3) is 0 Å². The molecule has 1 atom stereocenters. The van der Waals surface area contributed by atoms with Crippen molar-refractivity contribution in [3.8, 4) is 5.75 Å². The van der Waals surface area contributed by atoms with Gasteiger partial charge in [-0.2, -0.15) is 0 Å². The molecular weight excluding hydrogens is 386 g/mol. The minimum absolute atomic E-state index is 0.0501. The quantitative estimate of drug-likeness (QED) is 0.385. The number of carbonyl (C=O) groups excluding carboxylic acids is 1. The van der Waals surface area contributed by atoms with Crippen molar-refractivity contribution < 1.29 is 14.3 Å². The lowest BCUT2D eigenvalue weighted by Gasteiger charge is -2.21. The fourth-order valence-corrected chi connectivity index (χ4v) is 3.23. The molecule has 1 aromatic heterocycles. The maximum absolute atomic E-state index is 12.2. The third kappa shape index (κ3) is 3.94. The Morgan fingerprint density at radius 1 is 1.13 bits per heavy atom. The molecule has 0 radical (unpaired) electrons. The summed E-state index contributed by atoms with van der Waals surface area (Å²) in [5.74, 6) is 0.760. The first-order chi connectivity index (χ1) is 14.2. The van der Waals surface area contributed by atoms with Gasteiger partial charge in [0.05, 0.1) is 17.3 Å². The summed E-state index contributed by atoms with van der Waals surface area (Å²) in [6.45, 7) is 3.85. The lowest BCUT2D eigenvalue weighted by atomic mass is 10.1. The predicted molar refractivity (Wildman–Crippen MR) is 115 cm³/mol. The fourth-order valence-electron chi connectivity index (χ4n) is 3.23. The molecule has 30 heavy (non-hydrogen) atoms. The standard InChI is InChI=1S/C22H25N3O5/c1-5-7-14(16-11-10-12(2)30-16)23-17-18(21(28)20(17)27)24-15-9-6-8-13(19(15)26)22(29)25(3)4/h6,8-11,14,23-24,26H,5,7H2,1-4H3. The van der Waals surface area contributed by atoms with Crippen molar-refractivity contribution in [1.82, 2.24) is 4.90 Å². The number of anilines is 3. The Hall–Kier alpha value is -3.55. The van der Waals surface area contributed by atoms with Gasteiger partial charge >= 0.3 is 0 Å². The molecule has 1 heterocycles. The summed E-state index contributed by atoms with van der Waals surface area (Å²) in [5.41, 5.74) is -0.883. The van der Waals surface area contributed by atoms with Crippen molar-refractivity contribution >= 4 is 23.0 Å². The van der Waals surface area contributed by atoms with Gasteiger partial charge in [0.1, 0.15) is 22.9 Å². The zero-order valence-electron chi connectivity index (χ0n) is 17.4. The van der Waals surface area contributed by atoms with Gasteiger partial charge in [0, 0.05) is 14.1 Å². The first-order valence-electron chi connectivity index (χ1n) is 9.71. The highest BCUT2D eigenvalue weighted by atomic mass is 16.3. The van der Waals surface area contributed by atoms with E-state index in [1.807, 2.05) is 26.0 Å². The molecule has 0 aliphatic heterocycles. The first kappa shape index (κ1) is 21.2. The van der Waals surface area contributed by atoms with Gasteiger partial charge in [0.15, 0.2) is 5.75 Å². The summed E-state index contributed by atoms with van der Waals surface area (Å²) < 4.78 is 5.68. The maximum Gasteiger partial charge on any atom is 0.257 e. The highest BCUT2D eigenvalue weighted by Gasteiger charge is 2.26. The monoisotopic (exact) mass is 411 g/mol. The van der Waals surface area contributed by atoms with Crippen LogP contribution in [0.15, 0.2) is 44.3 Å². The van der Waals surface area contributed by atoms with Crippen LogP contribution in [0.4, 0.5) is 17.1 Å². The van der Waals surface area contributed by atoms with Gasteiger partial charge in [0.2, 0.25) is 0 Å². The van der Waals surface area contributed by atoms with Crippen molar-refractivity contribution in [2.75, 3.05) is 24.7 Å². The number of nitrogens with one attached hydrogen (secondary N) is 2. The Balaban J connectivity index is 1.91. The van der Waals surface area contributed by atoms with Crippen LogP contribution in [0.3, 0.4) is 0 Å². The molecule has 0 aliphatic carbocycles. The van der Waals surface area contributed by atoms with Crippen LogP contribution < -0.4 is 21.5 Å². The predicted octanol–water partition coefficient (Wildman–Crippen LogP) is 3.29. The molecule has 0 fully saturated rings. The fraction of sp³-hybridized carbons (Fsp3) is 0.318. The topological polar surface area (TPSA) is 112 Å². The summed E-state index contributed by atoms with van der Waals surface area (Å²) >= 11 is 0. The molecule has 8 nitrogen and oxygen atoms in total. The van der Waals surface area contributed by atoms with E-state index >= 15 is 0 Å². The Morgan fingerprint density at radius 2 is 1.83 bits per heavy atom. The molecule has 0 bridgehead atoms. The van der Waals surface area contributed by atoms with Crippen LogP contribution in [0.2, 0.25) is 0 Å². The molecule has 0 aliphatic rings. The highest BCUT2D eigenvalue weighted by molar-refractivity contribution is 5.99. The van der Waals surface area contributed by atoms with Crippen molar-refractivity contribution in [2.24, 2.45) is 0 Å². The Labute approximate surface area is 173 Å². The van der Waals surface area contributed by atoms with E-state index in [9.17, 15) is 19.5 Å². The van der Waals surface area contributed by atoms with Crippen molar-refractivity contribution in [3.05, 3.63) is 67.9 Å². The molecule has 158 valence electrons.